The number of rotatable bonds is 4. The van der Waals surface area contributed by atoms with Crippen LogP contribution in [0.1, 0.15) is 30.1 Å². The monoisotopic (exact) mass is 277 g/mol. The van der Waals surface area contributed by atoms with Gasteiger partial charge in [-0.05, 0) is 24.8 Å². The van der Waals surface area contributed by atoms with Crippen molar-refractivity contribution in [2.45, 2.75) is 31.5 Å². The minimum atomic E-state index is 0.147. The van der Waals surface area contributed by atoms with Gasteiger partial charge in [-0.2, -0.15) is 0 Å². The van der Waals surface area contributed by atoms with Crippen molar-refractivity contribution in [3.8, 4) is 0 Å². The molecular weight excluding hydrogens is 258 g/mol. The Morgan fingerprint density at radius 3 is 3.05 bits per heavy atom. The van der Waals surface area contributed by atoms with E-state index < -0.39 is 0 Å². The quantitative estimate of drug-likeness (QED) is 0.932. The second kappa shape index (κ2) is 5.45. The molecule has 0 spiro atoms. The highest BCUT2D eigenvalue weighted by Gasteiger charge is 2.29. The van der Waals surface area contributed by atoms with Gasteiger partial charge in [-0.15, -0.1) is 11.3 Å². The third-order valence-corrected chi connectivity index (χ3v) is 4.64. The number of ether oxygens (including phenoxy) is 1. The standard InChI is InChI=1S/C14H19N3OS/c1-10-11(5-8-18-10)16-13(12-4-3-9-19-12)14-15-6-7-17(14)2/h3-4,6-7,9-11,13,16H,5,8H2,1-2H3. The Hall–Kier alpha value is -1.17. The number of hydrogen-bond acceptors (Lipinski definition) is 4. The fraction of sp³-hybridized carbons (Fsp3) is 0.500. The molecular formula is C14H19N3OS. The number of aryl methyl sites for hydroxylation is 1. The Bertz CT molecular complexity index is 523. The molecule has 2 aromatic heterocycles. The molecule has 1 aliphatic heterocycles. The van der Waals surface area contributed by atoms with Gasteiger partial charge >= 0.3 is 0 Å². The third-order valence-electron chi connectivity index (χ3n) is 3.70. The zero-order valence-corrected chi connectivity index (χ0v) is 12.1. The predicted molar refractivity (Wildman–Crippen MR) is 76.3 cm³/mol. The topological polar surface area (TPSA) is 39.1 Å². The number of nitrogens with one attached hydrogen (secondary N) is 1. The van der Waals surface area contributed by atoms with Crippen LogP contribution in [0.5, 0.6) is 0 Å². The van der Waals surface area contributed by atoms with Gasteiger partial charge < -0.3 is 9.30 Å². The van der Waals surface area contributed by atoms with Gasteiger partial charge in [0.25, 0.3) is 0 Å². The van der Waals surface area contributed by atoms with E-state index in [1.54, 1.807) is 11.3 Å². The van der Waals surface area contributed by atoms with Crippen LogP contribution in [0.3, 0.4) is 0 Å². The maximum absolute atomic E-state index is 5.64. The van der Waals surface area contributed by atoms with Crippen molar-refractivity contribution in [3.05, 3.63) is 40.6 Å². The maximum atomic E-state index is 5.64. The lowest BCUT2D eigenvalue weighted by Crippen LogP contribution is -2.38. The Morgan fingerprint density at radius 1 is 1.58 bits per heavy atom. The number of imidazole rings is 1. The second-order valence-electron chi connectivity index (χ2n) is 4.98. The minimum absolute atomic E-state index is 0.147. The van der Waals surface area contributed by atoms with Gasteiger partial charge in [0.05, 0.1) is 6.10 Å². The molecule has 5 heteroatoms. The summed E-state index contributed by atoms with van der Waals surface area (Å²) < 4.78 is 7.73. The third kappa shape index (κ3) is 2.59. The van der Waals surface area contributed by atoms with Crippen LogP contribution in [0.15, 0.2) is 29.9 Å². The first kappa shape index (κ1) is 12.8. The largest absolute Gasteiger partial charge is 0.377 e. The summed E-state index contributed by atoms with van der Waals surface area (Å²) in [6.45, 7) is 2.98. The van der Waals surface area contributed by atoms with Crippen molar-refractivity contribution in [3.63, 3.8) is 0 Å². The molecule has 102 valence electrons. The normalized spacial score (nSPS) is 24.7. The molecule has 0 aromatic carbocycles. The lowest BCUT2D eigenvalue weighted by Gasteiger charge is -2.23. The number of nitrogens with zero attached hydrogens (tertiary/aromatic N) is 2. The van der Waals surface area contributed by atoms with Crippen molar-refractivity contribution < 1.29 is 4.74 Å². The maximum Gasteiger partial charge on any atom is 0.131 e. The highest BCUT2D eigenvalue weighted by Crippen LogP contribution is 2.27. The molecule has 4 nitrogen and oxygen atoms in total. The van der Waals surface area contributed by atoms with E-state index in [9.17, 15) is 0 Å². The molecule has 3 heterocycles. The number of hydrogen-bond donors (Lipinski definition) is 1. The Balaban J connectivity index is 1.87. The van der Waals surface area contributed by atoms with E-state index in [0.717, 1.165) is 18.9 Å². The summed E-state index contributed by atoms with van der Waals surface area (Å²) >= 11 is 1.77. The summed E-state index contributed by atoms with van der Waals surface area (Å²) in [4.78, 5) is 5.80. The SMILES string of the molecule is CC1OCCC1NC(c1cccs1)c1nccn1C. The van der Waals surface area contributed by atoms with Crippen LogP contribution in [0.4, 0.5) is 0 Å². The van der Waals surface area contributed by atoms with Gasteiger partial charge in [0.1, 0.15) is 11.9 Å². The van der Waals surface area contributed by atoms with Crippen LogP contribution in [-0.2, 0) is 11.8 Å². The van der Waals surface area contributed by atoms with E-state index in [1.807, 2.05) is 19.4 Å². The molecule has 3 atom stereocenters. The molecule has 2 aromatic rings. The van der Waals surface area contributed by atoms with E-state index >= 15 is 0 Å². The molecule has 1 fully saturated rings. The average Bonchev–Trinajstić information content (AvgIpc) is 3.09. The first-order valence-electron chi connectivity index (χ1n) is 6.64. The van der Waals surface area contributed by atoms with Crippen molar-refractivity contribution in [1.29, 1.82) is 0 Å². The molecule has 1 saturated heterocycles. The molecule has 0 bridgehead atoms. The average molecular weight is 277 g/mol. The van der Waals surface area contributed by atoms with Crippen LogP contribution < -0.4 is 5.32 Å². The van der Waals surface area contributed by atoms with Gasteiger partial charge in [-0.3, -0.25) is 5.32 Å². The summed E-state index contributed by atoms with van der Waals surface area (Å²) in [6, 6.07) is 4.79. The Morgan fingerprint density at radius 2 is 2.47 bits per heavy atom. The fourth-order valence-corrected chi connectivity index (χ4v) is 3.34. The van der Waals surface area contributed by atoms with E-state index in [0.29, 0.717) is 6.04 Å². The van der Waals surface area contributed by atoms with E-state index in [4.69, 9.17) is 4.74 Å². The molecule has 19 heavy (non-hydrogen) atoms. The van der Waals surface area contributed by atoms with E-state index in [1.165, 1.54) is 4.88 Å². The molecule has 3 rings (SSSR count). The lowest BCUT2D eigenvalue weighted by molar-refractivity contribution is 0.111. The minimum Gasteiger partial charge on any atom is -0.377 e. The van der Waals surface area contributed by atoms with Gasteiger partial charge in [0, 0.05) is 37.0 Å². The van der Waals surface area contributed by atoms with Gasteiger partial charge in [0.2, 0.25) is 0 Å². The van der Waals surface area contributed by atoms with Gasteiger partial charge in [-0.1, -0.05) is 6.07 Å². The van der Waals surface area contributed by atoms with Crippen LogP contribution >= 0.6 is 11.3 Å². The molecule has 1 N–H and O–H groups in total. The first-order chi connectivity index (χ1) is 9.25. The summed E-state index contributed by atoms with van der Waals surface area (Å²) in [7, 11) is 2.04. The summed E-state index contributed by atoms with van der Waals surface area (Å²) in [6.07, 6.45) is 5.18. The van der Waals surface area contributed by atoms with Crippen LogP contribution in [0, 0.1) is 0 Å². The molecule has 0 amide bonds. The second-order valence-corrected chi connectivity index (χ2v) is 5.96. The fourth-order valence-electron chi connectivity index (χ4n) is 2.56. The summed E-state index contributed by atoms with van der Waals surface area (Å²) in [5.74, 6) is 1.06. The van der Waals surface area contributed by atoms with Crippen molar-refractivity contribution in [2.24, 2.45) is 7.05 Å². The Labute approximate surface area is 117 Å². The van der Waals surface area contributed by atoms with Crippen molar-refractivity contribution in [1.82, 2.24) is 14.9 Å². The summed E-state index contributed by atoms with van der Waals surface area (Å²) in [5.41, 5.74) is 0. The zero-order valence-electron chi connectivity index (χ0n) is 11.2. The van der Waals surface area contributed by atoms with Crippen LogP contribution in [-0.4, -0.2) is 28.3 Å². The van der Waals surface area contributed by atoms with E-state index in [-0.39, 0.29) is 12.1 Å². The Kier molecular flexibility index (Phi) is 3.68. The van der Waals surface area contributed by atoms with E-state index in [2.05, 4.69) is 39.3 Å². The lowest BCUT2D eigenvalue weighted by atomic mass is 10.1. The first-order valence-corrected chi connectivity index (χ1v) is 7.52. The number of aromatic nitrogens is 2. The molecule has 1 aliphatic rings. The molecule has 0 saturated carbocycles. The van der Waals surface area contributed by atoms with Gasteiger partial charge in [0.15, 0.2) is 0 Å². The molecule has 0 aliphatic carbocycles. The molecule has 3 unspecified atom stereocenters. The van der Waals surface area contributed by atoms with Gasteiger partial charge in [-0.25, -0.2) is 4.98 Å². The highest BCUT2D eigenvalue weighted by molar-refractivity contribution is 7.10. The molecule has 0 radical (unpaired) electrons. The number of thiophene rings is 1. The summed E-state index contributed by atoms with van der Waals surface area (Å²) in [5, 5.41) is 5.83. The van der Waals surface area contributed by atoms with Crippen molar-refractivity contribution in [2.75, 3.05) is 6.61 Å². The van der Waals surface area contributed by atoms with Crippen molar-refractivity contribution >= 4 is 11.3 Å². The highest BCUT2D eigenvalue weighted by atomic mass is 32.1. The zero-order chi connectivity index (χ0) is 13.2. The van der Waals surface area contributed by atoms with Crippen LogP contribution in [0.2, 0.25) is 0 Å². The smallest absolute Gasteiger partial charge is 0.131 e. The van der Waals surface area contributed by atoms with Crippen LogP contribution in [0.25, 0.3) is 0 Å². The predicted octanol–water partition coefficient (Wildman–Crippen LogP) is 2.34.